The number of carbonyl (C=O) groups excluding carboxylic acids is 2. The van der Waals surface area contributed by atoms with E-state index in [1.807, 2.05) is 18.2 Å². The summed E-state index contributed by atoms with van der Waals surface area (Å²) in [6.07, 6.45) is -1.09. The first kappa shape index (κ1) is 28.9. The minimum absolute atomic E-state index is 0.0191. The number of rotatable bonds is 7. The van der Waals surface area contributed by atoms with Crippen LogP contribution in [0.2, 0.25) is 0 Å². The molecule has 4 aromatic carbocycles. The number of nitrogens with zero attached hydrogens (tertiary/aromatic N) is 1. The summed E-state index contributed by atoms with van der Waals surface area (Å²) in [5.74, 6) is -0.688. The van der Waals surface area contributed by atoms with Gasteiger partial charge in [0, 0.05) is 16.9 Å². The zero-order valence-corrected chi connectivity index (χ0v) is 24.5. The summed E-state index contributed by atoms with van der Waals surface area (Å²) in [6.45, 7) is 6.15. The van der Waals surface area contributed by atoms with Gasteiger partial charge in [-0.05, 0) is 59.0 Å². The number of amides is 2. The van der Waals surface area contributed by atoms with Gasteiger partial charge in [0.1, 0.15) is 5.75 Å². The van der Waals surface area contributed by atoms with E-state index in [0.717, 1.165) is 5.56 Å². The van der Waals surface area contributed by atoms with Crippen LogP contribution in [0, 0.1) is 0 Å². The van der Waals surface area contributed by atoms with Crippen molar-refractivity contribution in [3.05, 3.63) is 120 Å². The number of anilines is 3. The van der Waals surface area contributed by atoms with Crippen LogP contribution in [0.4, 0.5) is 17.1 Å². The number of benzene rings is 4. The summed E-state index contributed by atoms with van der Waals surface area (Å²) in [7, 11) is -3.82. The molecular weight excluding hydrogens is 550 g/mol. The molecule has 5 rings (SSSR count). The molecule has 0 saturated heterocycles. The van der Waals surface area contributed by atoms with Gasteiger partial charge in [-0.2, -0.15) is 0 Å². The van der Waals surface area contributed by atoms with Crippen LogP contribution in [0.3, 0.4) is 0 Å². The highest BCUT2D eigenvalue weighted by Crippen LogP contribution is 2.36. The van der Waals surface area contributed by atoms with Gasteiger partial charge in [-0.15, -0.1) is 0 Å². The molecule has 2 amide bonds. The van der Waals surface area contributed by atoms with E-state index in [9.17, 15) is 18.0 Å². The molecule has 0 unspecified atom stereocenters. The number of para-hydroxylation sites is 2. The van der Waals surface area contributed by atoms with E-state index in [4.69, 9.17) is 4.74 Å². The first-order valence-corrected chi connectivity index (χ1v) is 15.2. The molecule has 1 heterocycles. The second kappa shape index (κ2) is 11.7. The molecule has 9 heteroatoms. The van der Waals surface area contributed by atoms with E-state index in [1.54, 1.807) is 84.9 Å². The van der Waals surface area contributed by atoms with Gasteiger partial charge in [0.2, 0.25) is 10.0 Å². The van der Waals surface area contributed by atoms with Crippen molar-refractivity contribution in [2.45, 2.75) is 38.0 Å². The van der Waals surface area contributed by atoms with E-state index in [0.29, 0.717) is 33.9 Å². The third-order valence-electron chi connectivity index (χ3n) is 6.96. The standard InChI is InChI=1S/C33H33N3O5S/c1-33(2,3)25-18-16-24(17-19-25)31(37)34-26-12-9-13-27(20-26)35-32(38)30-21-36(28-14-7-8-15-29(28)41-30)42(39,40)22-23-10-5-4-6-11-23/h4-20,30H,21-22H2,1-3H3,(H,34,37)(H,35,38)/t30-/m1/s1. The number of fused-ring (bicyclic) bond motifs is 1. The highest BCUT2D eigenvalue weighted by molar-refractivity contribution is 7.92. The molecule has 4 aromatic rings. The fourth-order valence-electron chi connectivity index (χ4n) is 4.69. The molecule has 0 saturated carbocycles. The Bertz CT molecular complexity index is 1700. The number of nitrogens with one attached hydrogen (secondary N) is 2. The summed E-state index contributed by atoms with van der Waals surface area (Å²) < 4.78 is 34.1. The lowest BCUT2D eigenvalue weighted by atomic mass is 9.87. The maximum Gasteiger partial charge on any atom is 0.267 e. The van der Waals surface area contributed by atoms with Crippen molar-refractivity contribution in [3.8, 4) is 5.75 Å². The van der Waals surface area contributed by atoms with Gasteiger partial charge in [0.05, 0.1) is 18.0 Å². The Kier molecular flexibility index (Phi) is 8.04. The summed E-state index contributed by atoms with van der Waals surface area (Å²) in [5.41, 5.74) is 3.59. The zero-order chi connectivity index (χ0) is 29.9. The molecule has 1 atom stereocenters. The third kappa shape index (κ3) is 6.63. The van der Waals surface area contributed by atoms with Crippen molar-refractivity contribution < 1.29 is 22.7 Å². The molecule has 2 N–H and O–H groups in total. The molecular formula is C33H33N3O5S. The minimum atomic E-state index is -3.82. The van der Waals surface area contributed by atoms with Gasteiger partial charge >= 0.3 is 0 Å². The SMILES string of the molecule is CC(C)(C)c1ccc(C(=O)Nc2cccc(NC(=O)[C@H]3CN(S(=O)(=O)Cc4ccccc4)c4ccccc4O3)c2)cc1. The molecule has 1 aliphatic rings. The highest BCUT2D eigenvalue weighted by Gasteiger charge is 2.36. The fourth-order valence-corrected chi connectivity index (χ4v) is 6.27. The second-order valence-corrected chi connectivity index (χ2v) is 13.1. The smallest absolute Gasteiger partial charge is 0.267 e. The average Bonchev–Trinajstić information content (AvgIpc) is 2.96. The number of ether oxygens (including phenoxy) is 1. The van der Waals surface area contributed by atoms with Gasteiger partial charge in [-0.25, -0.2) is 8.42 Å². The van der Waals surface area contributed by atoms with Gasteiger partial charge in [0.15, 0.2) is 6.10 Å². The maximum absolute atomic E-state index is 13.5. The summed E-state index contributed by atoms with van der Waals surface area (Å²) >= 11 is 0. The normalized spacial score (nSPS) is 14.8. The number of hydrogen-bond donors (Lipinski definition) is 2. The lowest BCUT2D eigenvalue weighted by molar-refractivity contribution is -0.122. The Morgan fingerprint density at radius 1 is 0.833 bits per heavy atom. The fraction of sp³-hybridized carbons (Fsp3) is 0.212. The molecule has 216 valence electrons. The lowest BCUT2D eigenvalue weighted by Crippen LogP contribution is -2.49. The molecule has 0 bridgehead atoms. The zero-order valence-electron chi connectivity index (χ0n) is 23.7. The van der Waals surface area contributed by atoms with E-state index < -0.39 is 22.0 Å². The van der Waals surface area contributed by atoms with Gasteiger partial charge in [0.25, 0.3) is 11.8 Å². The highest BCUT2D eigenvalue weighted by atomic mass is 32.2. The van der Waals surface area contributed by atoms with Crippen LogP contribution in [0.15, 0.2) is 103 Å². The number of sulfonamides is 1. The van der Waals surface area contributed by atoms with Gasteiger partial charge in [-0.3, -0.25) is 13.9 Å². The molecule has 0 aliphatic carbocycles. The lowest BCUT2D eigenvalue weighted by Gasteiger charge is -2.34. The van der Waals surface area contributed by atoms with Crippen molar-refractivity contribution in [1.82, 2.24) is 0 Å². The molecule has 8 nitrogen and oxygen atoms in total. The van der Waals surface area contributed by atoms with Crippen LogP contribution < -0.4 is 19.7 Å². The van der Waals surface area contributed by atoms with Crippen molar-refractivity contribution in [3.63, 3.8) is 0 Å². The summed E-state index contributed by atoms with van der Waals surface area (Å²) in [6, 6.07) is 29.9. The molecule has 0 fully saturated rings. The summed E-state index contributed by atoms with van der Waals surface area (Å²) in [5, 5.41) is 5.67. The maximum atomic E-state index is 13.5. The topological polar surface area (TPSA) is 105 Å². The van der Waals surface area contributed by atoms with Crippen LogP contribution in [-0.2, 0) is 26.0 Å². The quantitative estimate of drug-likeness (QED) is 0.279. The van der Waals surface area contributed by atoms with Crippen LogP contribution in [-0.4, -0.2) is 32.9 Å². The Labute approximate surface area is 246 Å². The molecule has 0 aromatic heterocycles. The van der Waals surface area contributed by atoms with Crippen LogP contribution in [0.1, 0.15) is 42.3 Å². The van der Waals surface area contributed by atoms with E-state index in [1.165, 1.54) is 4.31 Å². The largest absolute Gasteiger partial charge is 0.476 e. The Morgan fingerprint density at radius 2 is 1.48 bits per heavy atom. The molecule has 1 aliphatic heterocycles. The average molecular weight is 584 g/mol. The predicted octanol–water partition coefficient (Wildman–Crippen LogP) is 5.97. The number of hydrogen-bond acceptors (Lipinski definition) is 5. The first-order chi connectivity index (χ1) is 20.0. The van der Waals surface area contributed by atoms with Crippen molar-refractivity contribution in [1.29, 1.82) is 0 Å². The molecule has 0 spiro atoms. The minimum Gasteiger partial charge on any atom is -0.476 e. The monoisotopic (exact) mass is 583 g/mol. The van der Waals surface area contributed by atoms with Gasteiger partial charge < -0.3 is 15.4 Å². The van der Waals surface area contributed by atoms with Crippen molar-refractivity contribution >= 4 is 38.9 Å². The Morgan fingerprint density at radius 3 is 2.17 bits per heavy atom. The third-order valence-corrected chi connectivity index (χ3v) is 8.67. The van der Waals surface area contributed by atoms with Crippen LogP contribution >= 0.6 is 0 Å². The molecule has 0 radical (unpaired) electrons. The predicted molar refractivity (Wildman–Crippen MR) is 165 cm³/mol. The Hall–Kier alpha value is -4.63. The first-order valence-electron chi connectivity index (χ1n) is 13.6. The van der Waals surface area contributed by atoms with E-state index in [-0.39, 0.29) is 23.6 Å². The van der Waals surface area contributed by atoms with Crippen LogP contribution in [0.25, 0.3) is 0 Å². The number of carbonyl (C=O) groups is 2. The second-order valence-electron chi connectivity index (χ2n) is 11.2. The van der Waals surface area contributed by atoms with Crippen molar-refractivity contribution in [2.24, 2.45) is 0 Å². The van der Waals surface area contributed by atoms with Gasteiger partial charge in [-0.1, -0.05) is 81.4 Å². The Balaban J connectivity index is 1.29. The van der Waals surface area contributed by atoms with Crippen LogP contribution in [0.5, 0.6) is 5.75 Å². The van der Waals surface area contributed by atoms with Crippen molar-refractivity contribution in [2.75, 3.05) is 21.5 Å². The molecule has 42 heavy (non-hydrogen) atoms. The summed E-state index contributed by atoms with van der Waals surface area (Å²) in [4.78, 5) is 26.2. The van der Waals surface area contributed by atoms with E-state index in [2.05, 4.69) is 31.4 Å². The van der Waals surface area contributed by atoms with E-state index >= 15 is 0 Å².